The largest absolute Gasteiger partial charge is 0.390 e. The highest BCUT2D eigenvalue weighted by Gasteiger charge is 2.39. The van der Waals surface area contributed by atoms with E-state index in [4.69, 9.17) is 4.74 Å². The summed E-state index contributed by atoms with van der Waals surface area (Å²) >= 11 is 0. The molecule has 0 aromatic carbocycles. The maximum Gasteiger partial charge on any atom is 0.0695 e. The van der Waals surface area contributed by atoms with Crippen molar-refractivity contribution in [2.75, 3.05) is 13.7 Å². The van der Waals surface area contributed by atoms with Crippen molar-refractivity contribution in [3.8, 4) is 0 Å². The average molecular weight is 144 g/mol. The third-order valence-electron chi connectivity index (χ3n) is 2.55. The first-order valence-corrected chi connectivity index (χ1v) is 3.90. The Labute approximate surface area is 62.2 Å². The van der Waals surface area contributed by atoms with Gasteiger partial charge >= 0.3 is 0 Å². The molecule has 2 nitrogen and oxygen atoms in total. The zero-order chi connectivity index (χ0) is 7.61. The third kappa shape index (κ3) is 1.32. The van der Waals surface area contributed by atoms with Crippen LogP contribution in [0.1, 0.15) is 26.2 Å². The van der Waals surface area contributed by atoms with Gasteiger partial charge in [0.15, 0.2) is 0 Å². The number of methoxy groups -OCH3 is 1. The lowest BCUT2D eigenvalue weighted by Gasteiger charge is -2.41. The van der Waals surface area contributed by atoms with Crippen molar-refractivity contribution in [3.05, 3.63) is 0 Å². The molecule has 0 aliphatic heterocycles. The Balaban J connectivity index is 2.31. The molecule has 0 amide bonds. The summed E-state index contributed by atoms with van der Waals surface area (Å²) in [6.45, 7) is 2.72. The Morgan fingerprint density at radius 3 is 2.50 bits per heavy atom. The van der Waals surface area contributed by atoms with Gasteiger partial charge in [0.05, 0.1) is 12.2 Å². The molecule has 1 atom stereocenters. The van der Waals surface area contributed by atoms with Gasteiger partial charge in [-0.2, -0.15) is 0 Å². The van der Waals surface area contributed by atoms with Gasteiger partial charge in [0.2, 0.25) is 0 Å². The molecule has 0 aromatic heterocycles. The summed E-state index contributed by atoms with van der Waals surface area (Å²) in [4.78, 5) is 0. The Morgan fingerprint density at radius 2 is 2.20 bits per heavy atom. The highest BCUT2D eigenvalue weighted by molar-refractivity contribution is 4.91. The summed E-state index contributed by atoms with van der Waals surface area (Å²) in [6.07, 6.45) is 3.08. The first-order valence-electron chi connectivity index (χ1n) is 3.90. The number of hydrogen-bond acceptors (Lipinski definition) is 2. The minimum atomic E-state index is -0.393. The first kappa shape index (κ1) is 8.02. The molecule has 0 heterocycles. The van der Waals surface area contributed by atoms with Crippen molar-refractivity contribution in [2.24, 2.45) is 5.92 Å². The second kappa shape index (κ2) is 2.89. The Morgan fingerprint density at radius 1 is 1.60 bits per heavy atom. The fourth-order valence-electron chi connectivity index (χ4n) is 1.44. The SMILES string of the molecule is COCC(C)C1(O)CCC1. The summed E-state index contributed by atoms with van der Waals surface area (Å²) < 4.78 is 4.97. The molecule has 0 spiro atoms. The van der Waals surface area contributed by atoms with E-state index in [0.717, 1.165) is 12.8 Å². The van der Waals surface area contributed by atoms with Crippen LogP contribution < -0.4 is 0 Å². The fourth-order valence-corrected chi connectivity index (χ4v) is 1.44. The first-order chi connectivity index (χ1) is 4.69. The minimum absolute atomic E-state index is 0.297. The Bertz CT molecular complexity index is 108. The number of ether oxygens (including phenoxy) is 1. The lowest BCUT2D eigenvalue weighted by atomic mass is 9.72. The van der Waals surface area contributed by atoms with Crippen LogP contribution in [0, 0.1) is 5.92 Å². The van der Waals surface area contributed by atoms with E-state index in [1.807, 2.05) is 6.92 Å². The molecule has 1 N–H and O–H groups in total. The van der Waals surface area contributed by atoms with E-state index in [0.29, 0.717) is 12.5 Å². The molecule has 1 aliphatic rings. The Hall–Kier alpha value is -0.0800. The van der Waals surface area contributed by atoms with E-state index in [2.05, 4.69) is 0 Å². The number of rotatable bonds is 3. The molecule has 2 heteroatoms. The molecule has 0 aromatic rings. The summed E-state index contributed by atoms with van der Waals surface area (Å²) in [5.41, 5.74) is -0.393. The van der Waals surface area contributed by atoms with Gasteiger partial charge in [-0.15, -0.1) is 0 Å². The normalized spacial score (nSPS) is 25.5. The topological polar surface area (TPSA) is 29.5 Å². The van der Waals surface area contributed by atoms with Gasteiger partial charge in [-0.25, -0.2) is 0 Å². The van der Waals surface area contributed by atoms with Gasteiger partial charge in [-0.1, -0.05) is 6.92 Å². The van der Waals surface area contributed by atoms with Crippen molar-refractivity contribution in [2.45, 2.75) is 31.8 Å². The van der Waals surface area contributed by atoms with Crippen molar-refractivity contribution in [1.29, 1.82) is 0 Å². The summed E-state index contributed by atoms with van der Waals surface area (Å²) in [5.74, 6) is 0.297. The van der Waals surface area contributed by atoms with Crippen LogP contribution >= 0.6 is 0 Å². The molecule has 1 aliphatic carbocycles. The lowest BCUT2D eigenvalue weighted by Crippen LogP contribution is -2.44. The van der Waals surface area contributed by atoms with Gasteiger partial charge in [0, 0.05) is 13.0 Å². The molecule has 1 saturated carbocycles. The zero-order valence-electron chi connectivity index (χ0n) is 6.76. The van der Waals surface area contributed by atoms with Gasteiger partial charge in [0.1, 0.15) is 0 Å². The second-order valence-corrected chi connectivity index (χ2v) is 3.31. The van der Waals surface area contributed by atoms with Crippen LogP contribution in [0.25, 0.3) is 0 Å². The van der Waals surface area contributed by atoms with Crippen LogP contribution in [0.4, 0.5) is 0 Å². The van der Waals surface area contributed by atoms with E-state index in [-0.39, 0.29) is 0 Å². The molecule has 1 unspecified atom stereocenters. The molecular formula is C8H16O2. The van der Waals surface area contributed by atoms with Crippen molar-refractivity contribution >= 4 is 0 Å². The smallest absolute Gasteiger partial charge is 0.0695 e. The molecular weight excluding hydrogens is 128 g/mol. The monoisotopic (exact) mass is 144 g/mol. The number of aliphatic hydroxyl groups is 1. The highest BCUT2D eigenvalue weighted by atomic mass is 16.5. The van der Waals surface area contributed by atoms with Crippen molar-refractivity contribution in [3.63, 3.8) is 0 Å². The predicted octanol–water partition coefficient (Wildman–Crippen LogP) is 1.18. The van der Waals surface area contributed by atoms with E-state index >= 15 is 0 Å². The fraction of sp³-hybridized carbons (Fsp3) is 1.00. The Kier molecular flexibility index (Phi) is 2.32. The van der Waals surface area contributed by atoms with Crippen LogP contribution in [-0.4, -0.2) is 24.4 Å². The van der Waals surface area contributed by atoms with Crippen LogP contribution in [-0.2, 0) is 4.74 Å². The van der Waals surface area contributed by atoms with E-state index in [9.17, 15) is 5.11 Å². The number of hydrogen-bond donors (Lipinski definition) is 1. The van der Waals surface area contributed by atoms with Crippen LogP contribution in [0.5, 0.6) is 0 Å². The van der Waals surface area contributed by atoms with Crippen LogP contribution in [0.15, 0.2) is 0 Å². The van der Waals surface area contributed by atoms with E-state index < -0.39 is 5.60 Å². The molecule has 0 bridgehead atoms. The molecule has 0 saturated heterocycles. The van der Waals surface area contributed by atoms with Crippen LogP contribution in [0.3, 0.4) is 0 Å². The molecule has 60 valence electrons. The second-order valence-electron chi connectivity index (χ2n) is 3.31. The highest BCUT2D eigenvalue weighted by Crippen LogP contribution is 2.37. The minimum Gasteiger partial charge on any atom is -0.390 e. The maximum absolute atomic E-state index is 9.73. The van der Waals surface area contributed by atoms with E-state index in [1.165, 1.54) is 6.42 Å². The molecule has 1 fully saturated rings. The quantitative estimate of drug-likeness (QED) is 0.644. The van der Waals surface area contributed by atoms with Gasteiger partial charge in [-0.05, 0) is 19.3 Å². The standard InChI is InChI=1S/C8H16O2/c1-7(6-10-2)8(9)4-3-5-8/h7,9H,3-6H2,1-2H3. The summed E-state index contributed by atoms with van der Waals surface area (Å²) in [6, 6.07) is 0. The predicted molar refractivity (Wildman–Crippen MR) is 39.8 cm³/mol. The van der Waals surface area contributed by atoms with Crippen molar-refractivity contribution < 1.29 is 9.84 Å². The summed E-state index contributed by atoms with van der Waals surface area (Å²) in [5, 5.41) is 9.73. The lowest BCUT2D eigenvalue weighted by molar-refractivity contribution is -0.0958. The maximum atomic E-state index is 9.73. The van der Waals surface area contributed by atoms with Gasteiger partial charge < -0.3 is 9.84 Å². The zero-order valence-corrected chi connectivity index (χ0v) is 6.76. The van der Waals surface area contributed by atoms with Gasteiger partial charge in [-0.3, -0.25) is 0 Å². The van der Waals surface area contributed by atoms with Crippen molar-refractivity contribution in [1.82, 2.24) is 0 Å². The van der Waals surface area contributed by atoms with E-state index in [1.54, 1.807) is 7.11 Å². The molecule has 10 heavy (non-hydrogen) atoms. The molecule has 0 radical (unpaired) electrons. The van der Waals surface area contributed by atoms with Crippen LogP contribution in [0.2, 0.25) is 0 Å². The molecule has 1 rings (SSSR count). The average Bonchev–Trinajstić information content (AvgIpc) is 1.83. The third-order valence-corrected chi connectivity index (χ3v) is 2.55. The summed E-state index contributed by atoms with van der Waals surface area (Å²) in [7, 11) is 1.68. The van der Waals surface area contributed by atoms with Gasteiger partial charge in [0.25, 0.3) is 0 Å².